The van der Waals surface area contributed by atoms with Gasteiger partial charge in [-0.3, -0.25) is 14.5 Å². The Morgan fingerprint density at radius 1 is 0.974 bits per heavy atom. The van der Waals surface area contributed by atoms with Gasteiger partial charge in [-0.15, -0.1) is 0 Å². The van der Waals surface area contributed by atoms with Crippen LogP contribution >= 0.6 is 11.3 Å². The van der Waals surface area contributed by atoms with E-state index in [-0.39, 0.29) is 23.4 Å². The van der Waals surface area contributed by atoms with E-state index in [2.05, 4.69) is 35.6 Å². The first-order valence-corrected chi connectivity index (χ1v) is 14.1. The third-order valence-corrected chi connectivity index (χ3v) is 8.07. The van der Waals surface area contributed by atoms with E-state index in [1.807, 2.05) is 24.8 Å². The molecule has 2 heterocycles. The molecular weight excluding hydrogens is 499 g/mol. The first kappa shape index (κ1) is 27.8. The number of hydrogen-bond acceptors (Lipinski definition) is 5. The number of primary amides is 2. The van der Waals surface area contributed by atoms with Gasteiger partial charge in [0.2, 0.25) is 11.8 Å². The van der Waals surface area contributed by atoms with Crippen molar-refractivity contribution in [1.82, 2.24) is 4.90 Å². The highest BCUT2D eigenvalue weighted by Crippen LogP contribution is 2.43. The lowest BCUT2D eigenvalue weighted by Crippen LogP contribution is -2.43. The summed E-state index contributed by atoms with van der Waals surface area (Å²) in [6.45, 7) is 10.9. The molecule has 1 aliphatic heterocycles. The van der Waals surface area contributed by atoms with Crippen molar-refractivity contribution in [2.75, 3.05) is 18.0 Å². The van der Waals surface area contributed by atoms with E-state index >= 15 is 4.39 Å². The van der Waals surface area contributed by atoms with Crippen LogP contribution in [0.5, 0.6) is 0 Å². The summed E-state index contributed by atoms with van der Waals surface area (Å²) in [6, 6.07) is 10.1. The number of carbonyl (C=O) groups is 2. The van der Waals surface area contributed by atoms with Crippen LogP contribution in [0.2, 0.25) is 0 Å². The summed E-state index contributed by atoms with van der Waals surface area (Å²) in [5, 5.41) is 4.26. The fourth-order valence-corrected chi connectivity index (χ4v) is 6.29. The lowest BCUT2D eigenvalue weighted by Gasteiger charge is -2.41. The van der Waals surface area contributed by atoms with Gasteiger partial charge in [0.15, 0.2) is 0 Å². The molecule has 0 spiro atoms. The molecule has 0 saturated carbocycles. The standard InChI is InChI=1S/C30H37FN4O2S/c1-18(2)27-23(30(33)37)6-8-25(28(27)19(3)4)35(26-15-21(29(32)36)5-7-24(26)31)22-9-12-34(13-10-22)16-20-11-14-38-17-20/h5-8,11,14-15,17-19,22H,9-10,12-13,16H2,1-4H3,(H2,32,36)(H2,33,37). The number of rotatable bonds is 9. The summed E-state index contributed by atoms with van der Waals surface area (Å²) < 4.78 is 15.6. The average molecular weight is 537 g/mol. The van der Waals surface area contributed by atoms with Crippen LogP contribution in [0.4, 0.5) is 15.8 Å². The molecule has 0 aliphatic carbocycles. The quantitative estimate of drug-likeness (QED) is 0.344. The maximum absolute atomic E-state index is 15.6. The largest absolute Gasteiger partial charge is 0.366 e. The fraction of sp³-hybridized carbons (Fsp3) is 0.400. The Hall–Kier alpha value is -3.23. The van der Waals surface area contributed by atoms with Gasteiger partial charge in [-0.2, -0.15) is 11.3 Å². The van der Waals surface area contributed by atoms with Crippen molar-refractivity contribution in [3.05, 3.63) is 80.8 Å². The van der Waals surface area contributed by atoms with E-state index in [1.54, 1.807) is 23.5 Å². The molecule has 0 radical (unpaired) electrons. The lowest BCUT2D eigenvalue weighted by molar-refractivity contribution is 0.0991. The number of nitrogens with zero attached hydrogens (tertiary/aromatic N) is 2. The summed E-state index contributed by atoms with van der Waals surface area (Å²) in [7, 11) is 0. The normalized spacial score (nSPS) is 14.8. The molecule has 38 heavy (non-hydrogen) atoms. The van der Waals surface area contributed by atoms with Gasteiger partial charge in [0.1, 0.15) is 5.82 Å². The fourth-order valence-electron chi connectivity index (χ4n) is 5.63. The monoisotopic (exact) mass is 536 g/mol. The van der Waals surface area contributed by atoms with Gasteiger partial charge in [0.05, 0.1) is 5.69 Å². The predicted molar refractivity (Wildman–Crippen MR) is 153 cm³/mol. The summed E-state index contributed by atoms with van der Waals surface area (Å²) >= 11 is 1.70. The van der Waals surface area contributed by atoms with Gasteiger partial charge in [-0.05, 0) is 88.5 Å². The number of halogens is 1. The van der Waals surface area contributed by atoms with E-state index < -0.39 is 17.6 Å². The first-order valence-electron chi connectivity index (χ1n) is 13.2. The summed E-state index contributed by atoms with van der Waals surface area (Å²) in [4.78, 5) is 28.9. The molecule has 1 fully saturated rings. The van der Waals surface area contributed by atoms with Crippen molar-refractivity contribution in [3.8, 4) is 0 Å². The van der Waals surface area contributed by atoms with Crippen LogP contribution < -0.4 is 16.4 Å². The maximum atomic E-state index is 15.6. The summed E-state index contributed by atoms with van der Waals surface area (Å²) in [5.41, 5.74) is 16.4. The molecule has 1 aliphatic rings. The maximum Gasteiger partial charge on any atom is 0.248 e. The zero-order valence-electron chi connectivity index (χ0n) is 22.5. The molecule has 4 rings (SSSR count). The lowest BCUT2D eigenvalue weighted by atomic mass is 9.84. The van der Waals surface area contributed by atoms with Crippen LogP contribution in [0.3, 0.4) is 0 Å². The number of hydrogen-bond donors (Lipinski definition) is 2. The number of anilines is 2. The van der Waals surface area contributed by atoms with Crippen LogP contribution in [0.1, 0.15) is 89.8 Å². The zero-order valence-corrected chi connectivity index (χ0v) is 23.4. The van der Waals surface area contributed by atoms with Gasteiger partial charge in [0, 0.05) is 42.5 Å². The molecular formula is C30H37FN4O2S. The Labute approximate surface area is 228 Å². The van der Waals surface area contributed by atoms with E-state index in [4.69, 9.17) is 11.5 Å². The smallest absolute Gasteiger partial charge is 0.248 e. The number of amides is 2. The van der Waals surface area contributed by atoms with Crippen LogP contribution in [0.25, 0.3) is 0 Å². The van der Waals surface area contributed by atoms with Crippen molar-refractivity contribution in [3.63, 3.8) is 0 Å². The second-order valence-electron chi connectivity index (χ2n) is 10.7. The second-order valence-corrected chi connectivity index (χ2v) is 11.5. The second kappa shape index (κ2) is 11.7. The van der Waals surface area contributed by atoms with Crippen LogP contribution in [0.15, 0.2) is 47.2 Å². The molecule has 202 valence electrons. The van der Waals surface area contributed by atoms with Crippen molar-refractivity contribution in [2.45, 2.75) is 65.0 Å². The van der Waals surface area contributed by atoms with Gasteiger partial charge in [-0.25, -0.2) is 4.39 Å². The third kappa shape index (κ3) is 5.76. The number of nitrogens with two attached hydrogens (primary N) is 2. The van der Waals surface area contributed by atoms with Gasteiger partial charge >= 0.3 is 0 Å². The minimum Gasteiger partial charge on any atom is -0.366 e. The van der Waals surface area contributed by atoms with E-state index in [0.29, 0.717) is 11.3 Å². The molecule has 6 nitrogen and oxygen atoms in total. The van der Waals surface area contributed by atoms with Crippen molar-refractivity contribution in [1.29, 1.82) is 0 Å². The minimum atomic E-state index is -0.604. The highest BCUT2D eigenvalue weighted by atomic mass is 32.1. The highest BCUT2D eigenvalue weighted by Gasteiger charge is 2.32. The molecule has 2 aromatic carbocycles. The molecule has 0 unspecified atom stereocenters. The number of carbonyl (C=O) groups excluding carboxylic acids is 2. The Kier molecular flexibility index (Phi) is 8.53. The molecule has 0 bridgehead atoms. The predicted octanol–water partition coefficient (Wildman–Crippen LogP) is 6.13. The van der Waals surface area contributed by atoms with E-state index in [1.165, 1.54) is 17.7 Å². The van der Waals surface area contributed by atoms with Crippen LogP contribution in [0, 0.1) is 5.82 Å². The van der Waals surface area contributed by atoms with Gasteiger partial charge in [0.25, 0.3) is 0 Å². The third-order valence-electron chi connectivity index (χ3n) is 7.34. The van der Waals surface area contributed by atoms with E-state index in [9.17, 15) is 9.59 Å². The average Bonchev–Trinajstić information content (AvgIpc) is 3.38. The molecule has 2 amide bonds. The van der Waals surface area contributed by atoms with Crippen LogP contribution in [-0.4, -0.2) is 35.8 Å². The Morgan fingerprint density at radius 3 is 2.21 bits per heavy atom. The number of piperidine rings is 1. The Balaban J connectivity index is 1.83. The van der Waals surface area contributed by atoms with Gasteiger partial charge in [-0.1, -0.05) is 27.7 Å². The molecule has 4 N–H and O–H groups in total. The molecule has 8 heteroatoms. The highest BCUT2D eigenvalue weighted by molar-refractivity contribution is 7.07. The van der Waals surface area contributed by atoms with E-state index in [0.717, 1.165) is 49.3 Å². The minimum absolute atomic E-state index is 0.0108. The van der Waals surface area contributed by atoms with Crippen molar-refractivity contribution < 1.29 is 14.0 Å². The molecule has 0 atom stereocenters. The molecule has 1 aromatic heterocycles. The molecule has 3 aromatic rings. The topological polar surface area (TPSA) is 92.7 Å². The summed E-state index contributed by atoms with van der Waals surface area (Å²) in [5.74, 6) is -1.42. The Bertz CT molecular complexity index is 1300. The molecule has 1 saturated heterocycles. The zero-order chi connectivity index (χ0) is 27.6. The SMILES string of the molecule is CC(C)c1c(C(N)=O)ccc(N(c2cc(C(N)=O)ccc2F)C2CCN(Cc3ccsc3)CC2)c1C(C)C. The number of benzene rings is 2. The van der Waals surface area contributed by atoms with Crippen LogP contribution in [-0.2, 0) is 6.54 Å². The summed E-state index contributed by atoms with van der Waals surface area (Å²) in [6.07, 6.45) is 1.63. The van der Waals surface area contributed by atoms with Gasteiger partial charge < -0.3 is 16.4 Å². The number of likely N-dealkylation sites (tertiary alicyclic amines) is 1. The van der Waals surface area contributed by atoms with Crippen molar-refractivity contribution in [2.24, 2.45) is 11.5 Å². The Morgan fingerprint density at radius 2 is 1.66 bits per heavy atom. The first-order chi connectivity index (χ1) is 18.1. The number of thiophene rings is 1. The van der Waals surface area contributed by atoms with Crippen molar-refractivity contribution >= 4 is 34.5 Å².